The van der Waals surface area contributed by atoms with Gasteiger partial charge in [0.05, 0.1) is 19.9 Å². The van der Waals surface area contributed by atoms with E-state index in [4.69, 9.17) is 9.47 Å². The molecule has 0 aliphatic heterocycles. The van der Waals surface area contributed by atoms with Crippen molar-refractivity contribution in [2.45, 2.75) is 26.8 Å². The van der Waals surface area contributed by atoms with Crippen LogP contribution < -0.4 is 20.2 Å². The SMILES string of the molecule is CCOc1c(C=NNC(=O)C(NC(=O)c2ccc(F)cc2)C(C)C)cccc1OC. The first-order valence-electron chi connectivity index (χ1n) is 9.56. The molecular formula is C22H26FN3O4. The van der Waals surface area contributed by atoms with Crippen molar-refractivity contribution in [3.05, 3.63) is 59.4 Å². The summed E-state index contributed by atoms with van der Waals surface area (Å²) in [7, 11) is 1.54. The van der Waals surface area contributed by atoms with Gasteiger partial charge in [0.1, 0.15) is 11.9 Å². The Morgan fingerprint density at radius 1 is 1.17 bits per heavy atom. The van der Waals surface area contributed by atoms with Gasteiger partial charge in [-0.3, -0.25) is 9.59 Å². The summed E-state index contributed by atoms with van der Waals surface area (Å²) in [5.41, 5.74) is 3.34. The Labute approximate surface area is 175 Å². The summed E-state index contributed by atoms with van der Waals surface area (Å²) in [4.78, 5) is 24.9. The van der Waals surface area contributed by atoms with Gasteiger partial charge in [0, 0.05) is 11.1 Å². The third-order valence-electron chi connectivity index (χ3n) is 4.24. The molecule has 0 aliphatic rings. The van der Waals surface area contributed by atoms with Crippen LogP contribution in [0.5, 0.6) is 11.5 Å². The molecule has 0 heterocycles. The highest BCUT2D eigenvalue weighted by Crippen LogP contribution is 2.29. The number of ether oxygens (including phenoxy) is 2. The maximum absolute atomic E-state index is 13.0. The zero-order valence-corrected chi connectivity index (χ0v) is 17.4. The monoisotopic (exact) mass is 415 g/mol. The Balaban J connectivity index is 2.08. The number of hydrazone groups is 1. The highest BCUT2D eigenvalue weighted by Gasteiger charge is 2.24. The summed E-state index contributed by atoms with van der Waals surface area (Å²) < 4.78 is 23.9. The fourth-order valence-electron chi connectivity index (χ4n) is 2.69. The zero-order valence-electron chi connectivity index (χ0n) is 17.4. The molecule has 0 spiro atoms. The topological polar surface area (TPSA) is 89.0 Å². The maximum Gasteiger partial charge on any atom is 0.262 e. The van der Waals surface area contributed by atoms with Crippen molar-refractivity contribution in [1.82, 2.24) is 10.7 Å². The molecule has 0 fully saturated rings. The van der Waals surface area contributed by atoms with Crippen LogP contribution in [0.15, 0.2) is 47.6 Å². The molecule has 1 unspecified atom stereocenters. The second kappa shape index (κ2) is 10.9. The first kappa shape index (κ1) is 22.9. The molecule has 2 amide bonds. The molecule has 1 atom stereocenters. The first-order valence-corrected chi connectivity index (χ1v) is 9.56. The largest absolute Gasteiger partial charge is 0.493 e. The minimum Gasteiger partial charge on any atom is -0.493 e. The molecule has 2 N–H and O–H groups in total. The van der Waals surface area contributed by atoms with E-state index >= 15 is 0 Å². The Morgan fingerprint density at radius 3 is 2.47 bits per heavy atom. The smallest absolute Gasteiger partial charge is 0.262 e. The number of para-hydroxylation sites is 1. The second-order valence-electron chi connectivity index (χ2n) is 6.75. The number of rotatable bonds is 9. The van der Waals surface area contributed by atoms with Gasteiger partial charge < -0.3 is 14.8 Å². The molecule has 8 heteroatoms. The van der Waals surface area contributed by atoms with Crippen LogP contribution in [0, 0.1) is 11.7 Å². The highest BCUT2D eigenvalue weighted by molar-refractivity contribution is 5.97. The van der Waals surface area contributed by atoms with E-state index in [2.05, 4.69) is 15.8 Å². The number of hydrogen-bond donors (Lipinski definition) is 2. The van der Waals surface area contributed by atoms with Gasteiger partial charge >= 0.3 is 0 Å². The van der Waals surface area contributed by atoms with Gasteiger partial charge in [-0.2, -0.15) is 5.10 Å². The third kappa shape index (κ3) is 6.04. The van der Waals surface area contributed by atoms with Crippen LogP contribution in [0.3, 0.4) is 0 Å². The number of benzene rings is 2. The lowest BCUT2D eigenvalue weighted by atomic mass is 10.0. The quantitative estimate of drug-likeness (QED) is 0.486. The summed E-state index contributed by atoms with van der Waals surface area (Å²) in [6, 6.07) is 9.59. The molecule has 0 saturated heterocycles. The van der Waals surface area contributed by atoms with Crippen molar-refractivity contribution in [3.8, 4) is 11.5 Å². The Bertz CT molecular complexity index is 898. The minimum absolute atomic E-state index is 0.194. The number of halogens is 1. The molecule has 0 aromatic heterocycles. The summed E-state index contributed by atoms with van der Waals surface area (Å²) in [5.74, 6) is -0.510. The molecule has 0 aliphatic carbocycles. The summed E-state index contributed by atoms with van der Waals surface area (Å²) >= 11 is 0. The van der Waals surface area contributed by atoms with E-state index in [1.165, 1.54) is 37.6 Å². The number of amides is 2. The third-order valence-corrected chi connectivity index (χ3v) is 4.24. The molecule has 160 valence electrons. The highest BCUT2D eigenvalue weighted by atomic mass is 19.1. The molecule has 30 heavy (non-hydrogen) atoms. The van der Waals surface area contributed by atoms with E-state index in [1.54, 1.807) is 32.0 Å². The molecule has 2 aromatic carbocycles. The lowest BCUT2D eigenvalue weighted by molar-refractivity contribution is -0.123. The molecule has 2 aromatic rings. The van der Waals surface area contributed by atoms with Crippen LogP contribution in [0.2, 0.25) is 0 Å². The van der Waals surface area contributed by atoms with Crippen LogP contribution in [0.1, 0.15) is 36.7 Å². The van der Waals surface area contributed by atoms with Gasteiger partial charge in [0.15, 0.2) is 11.5 Å². The Hall–Kier alpha value is -3.42. The Kier molecular flexibility index (Phi) is 8.34. The van der Waals surface area contributed by atoms with E-state index < -0.39 is 23.7 Å². The van der Waals surface area contributed by atoms with E-state index in [0.717, 1.165) is 0 Å². The van der Waals surface area contributed by atoms with E-state index in [0.29, 0.717) is 23.7 Å². The normalized spacial score (nSPS) is 11.9. The lowest BCUT2D eigenvalue weighted by Crippen LogP contribution is -2.48. The van der Waals surface area contributed by atoms with Gasteiger partial charge in [0.25, 0.3) is 11.8 Å². The molecule has 0 radical (unpaired) electrons. The summed E-state index contributed by atoms with van der Waals surface area (Å²) in [5, 5.41) is 6.65. The average molecular weight is 415 g/mol. The van der Waals surface area contributed by atoms with Gasteiger partial charge in [-0.05, 0) is 49.2 Å². The zero-order chi connectivity index (χ0) is 22.1. The van der Waals surface area contributed by atoms with Crippen LogP contribution in [0.4, 0.5) is 4.39 Å². The summed E-state index contributed by atoms with van der Waals surface area (Å²) in [6.45, 7) is 5.90. The fourth-order valence-corrected chi connectivity index (χ4v) is 2.69. The molecule has 7 nitrogen and oxygen atoms in total. The van der Waals surface area contributed by atoms with Gasteiger partial charge in [-0.25, -0.2) is 9.82 Å². The lowest BCUT2D eigenvalue weighted by Gasteiger charge is -2.20. The number of nitrogens with zero attached hydrogens (tertiary/aromatic N) is 1. The summed E-state index contributed by atoms with van der Waals surface area (Å²) in [6.07, 6.45) is 1.45. The predicted octanol–water partition coefficient (Wildman–Crippen LogP) is 3.14. The Morgan fingerprint density at radius 2 is 1.87 bits per heavy atom. The average Bonchev–Trinajstić information content (AvgIpc) is 2.73. The predicted molar refractivity (Wildman–Crippen MR) is 112 cm³/mol. The van der Waals surface area contributed by atoms with Crippen molar-refractivity contribution in [3.63, 3.8) is 0 Å². The van der Waals surface area contributed by atoms with Crippen LogP contribution in [0.25, 0.3) is 0 Å². The number of nitrogens with one attached hydrogen (secondary N) is 2. The van der Waals surface area contributed by atoms with E-state index in [1.807, 2.05) is 6.92 Å². The molecule has 2 rings (SSSR count). The van der Waals surface area contributed by atoms with Gasteiger partial charge in [0.2, 0.25) is 0 Å². The maximum atomic E-state index is 13.0. The first-order chi connectivity index (χ1) is 14.4. The van der Waals surface area contributed by atoms with Crippen LogP contribution in [-0.4, -0.2) is 37.8 Å². The standard InChI is InChI=1S/C22H26FN3O4/c1-5-30-20-16(7-6-8-18(20)29-4)13-24-26-22(28)19(14(2)3)25-21(27)15-9-11-17(23)12-10-15/h6-14,19H,5H2,1-4H3,(H,25,27)(H,26,28). The van der Waals surface area contributed by atoms with Crippen molar-refractivity contribution in [2.24, 2.45) is 11.0 Å². The number of hydrogen-bond acceptors (Lipinski definition) is 5. The van der Waals surface area contributed by atoms with E-state index in [9.17, 15) is 14.0 Å². The molecular weight excluding hydrogens is 389 g/mol. The van der Waals surface area contributed by atoms with Crippen molar-refractivity contribution in [2.75, 3.05) is 13.7 Å². The second-order valence-corrected chi connectivity index (χ2v) is 6.75. The van der Waals surface area contributed by atoms with Crippen molar-refractivity contribution in [1.29, 1.82) is 0 Å². The number of carbonyl (C=O) groups is 2. The van der Waals surface area contributed by atoms with Crippen molar-refractivity contribution >= 4 is 18.0 Å². The number of carbonyl (C=O) groups excluding carboxylic acids is 2. The van der Waals surface area contributed by atoms with Crippen LogP contribution >= 0.6 is 0 Å². The fraction of sp³-hybridized carbons (Fsp3) is 0.318. The van der Waals surface area contributed by atoms with Crippen LogP contribution in [-0.2, 0) is 4.79 Å². The van der Waals surface area contributed by atoms with E-state index in [-0.39, 0.29) is 11.5 Å². The number of methoxy groups -OCH3 is 1. The molecule has 0 bridgehead atoms. The van der Waals surface area contributed by atoms with Gasteiger partial charge in [-0.15, -0.1) is 0 Å². The van der Waals surface area contributed by atoms with Gasteiger partial charge in [-0.1, -0.05) is 19.9 Å². The van der Waals surface area contributed by atoms with Crippen molar-refractivity contribution < 1.29 is 23.5 Å². The minimum atomic E-state index is -0.823. The molecule has 0 saturated carbocycles.